The van der Waals surface area contributed by atoms with Crippen molar-refractivity contribution >= 4 is 5.96 Å². The van der Waals surface area contributed by atoms with Gasteiger partial charge in [0.2, 0.25) is 0 Å². The number of nitrogens with one attached hydrogen (secondary N) is 2. The average molecular weight is 304 g/mol. The number of nitrogens with zero attached hydrogens (tertiary/aromatic N) is 2. The summed E-state index contributed by atoms with van der Waals surface area (Å²) in [7, 11) is 1.81. The summed E-state index contributed by atoms with van der Waals surface area (Å²) in [5.74, 6) is 0.865. The minimum atomic E-state index is 0.593. The Morgan fingerprint density at radius 1 is 1.05 bits per heavy atom. The zero-order valence-corrected chi connectivity index (χ0v) is 14.8. The number of aliphatic imine (C=N–C) groups is 1. The molecule has 0 bridgehead atoms. The monoisotopic (exact) mass is 304 g/mol. The van der Waals surface area contributed by atoms with Gasteiger partial charge >= 0.3 is 0 Å². The van der Waals surface area contributed by atoms with E-state index >= 15 is 0 Å². The Bertz CT molecular complexity index is 418. The van der Waals surface area contributed by atoms with Crippen molar-refractivity contribution in [1.29, 1.82) is 0 Å². The highest BCUT2D eigenvalue weighted by Gasteiger charge is 2.12. The topological polar surface area (TPSA) is 39.7 Å². The van der Waals surface area contributed by atoms with Crippen LogP contribution in [-0.2, 0) is 6.54 Å². The molecule has 0 fully saturated rings. The third kappa shape index (κ3) is 6.94. The standard InChI is InChI=1S/C18H32N4/c1-15(2)22(16(3)4)13-9-12-20-18(19-5)21-14-17-10-7-6-8-11-17/h6-8,10-11,15-16H,9,12-14H2,1-5H3,(H2,19,20,21). The lowest BCUT2D eigenvalue weighted by Crippen LogP contribution is -2.41. The van der Waals surface area contributed by atoms with Gasteiger partial charge in [0.25, 0.3) is 0 Å². The minimum Gasteiger partial charge on any atom is -0.356 e. The van der Waals surface area contributed by atoms with Crippen LogP contribution < -0.4 is 10.6 Å². The van der Waals surface area contributed by atoms with Gasteiger partial charge in [-0.2, -0.15) is 0 Å². The Hall–Kier alpha value is -1.55. The van der Waals surface area contributed by atoms with Crippen LogP contribution in [-0.4, -0.2) is 43.1 Å². The highest BCUT2D eigenvalue weighted by Crippen LogP contribution is 2.05. The van der Waals surface area contributed by atoms with Crippen molar-refractivity contribution in [2.45, 2.75) is 52.7 Å². The molecule has 0 saturated carbocycles. The molecule has 22 heavy (non-hydrogen) atoms. The largest absolute Gasteiger partial charge is 0.356 e. The van der Waals surface area contributed by atoms with Gasteiger partial charge in [0.05, 0.1) is 0 Å². The maximum Gasteiger partial charge on any atom is 0.191 e. The van der Waals surface area contributed by atoms with Crippen LogP contribution in [0.1, 0.15) is 39.7 Å². The fourth-order valence-electron chi connectivity index (χ4n) is 2.58. The zero-order chi connectivity index (χ0) is 16.4. The van der Waals surface area contributed by atoms with E-state index in [9.17, 15) is 0 Å². The van der Waals surface area contributed by atoms with Gasteiger partial charge in [-0.25, -0.2) is 0 Å². The first-order chi connectivity index (χ1) is 10.5. The molecule has 1 aromatic carbocycles. The van der Waals surface area contributed by atoms with E-state index in [1.54, 1.807) is 0 Å². The quantitative estimate of drug-likeness (QED) is 0.441. The van der Waals surface area contributed by atoms with Crippen LogP contribution in [0, 0.1) is 0 Å². The highest BCUT2D eigenvalue weighted by molar-refractivity contribution is 5.79. The van der Waals surface area contributed by atoms with Crippen LogP contribution in [0.5, 0.6) is 0 Å². The first-order valence-corrected chi connectivity index (χ1v) is 8.28. The molecule has 1 aromatic rings. The number of benzene rings is 1. The number of hydrogen-bond donors (Lipinski definition) is 2. The van der Waals surface area contributed by atoms with Crippen molar-refractivity contribution in [1.82, 2.24) is 15.5 Å². The Morgan fingerprint density at radius 2 is 1.68 bits per heavy atom. The maximum absolute atomic E-state index is 4.27. The summed E-state index contributed by atoms with van der Waals surface area (Å²) in [5.41, 5.74) is 1.26. The Labute approximate surface area is 136 Å². The lowest BCUT2D eigenvalue weighted by atomic mass is 10.2. The van der Waals surface area contributed by atoms with Crippen LogP contribution in [0.4, 0.5) is 0 Å². The normalized spacial score (nSPS) is 12.3. The van der Waals surface area contributed by atoms with Crippen LogP contribution in [0.3, 0.4) is 0 Å². The molecular formula is C18H32N4. The van der Waals surface area contributed by atoms with E-state index in [1.807, 2.05) is 13.1 Å². The van der Waals surface area contributed by atoms with Crippen molar-refractivity contribution in [2.75, 3.05) is 20.1 Å². The smallest absolute Gasteiger partial charge is 0.191 e. The fraction of sp³-hybridized carbons (Fsp3) is 0.611. The van der Waals surface area contributed by atoms with Gasteiger partial charge in [-0.05, 0) is 39.7 Å². The van der Waals surface area contributed by atoms with E-state index in [1.165, 1.54) is 5.56 Å². The lowest BCUT2D eigenvalue weighted by Gasteiger charge is -2.30. The molecule has 0 aliphatic heterocycles. The van der Waals surface area contributed by atoms with Crippen molar-refractivity contribution in [3.8, 4) is 0 Å². The molecule has 0 saturated heterocycles. The lowest BCUT2D eigenvalue weighted by molar-refractivity contribution is 0.173. The molecule has 0 amide bonds. The van der Waals surface area contributed by atoms with Gasteiger partial charge in [-0.3, -0.25) is 9.89 Å². The van der Waals surface area contributed by atoms with Crippen LogP contribution >= 0.6 is 0 Å². The summed E-state index contributed by atoms with van der Waals surface area (Å²) in [4.78, 5) is 6.79. The summed E-state index contributed by atoms with van der Waals surface area (Å²) in [5, 5.41) is 6.73. The molecule has 0 radical (unpaired) electrons. The molecule has 0 aliphatic rings. The van der Waals surface area contributed by atoms with Gasteiger partial charge in [0.15, 0.2) is 5.96 Å². The number of guanidine groups is 1. The van der Waals surface area contributed by atoms with Crippen molar-refractivity contribution in [2.24, 2.45) is 4.99 Å². The summed E-state index contributed by atoms with van der Waals surface area (Å²) in [6.07, 6.45) is 1.11. The van der Waals surface area contributed by atoms with Crippen molar-refractivity contribution < 1.29 is 0 Å². The molecule has 4 nitrogen and oxygen atoms in total. The predicted octanol–water partition coefficient (Wildman–Crippen LogP) is 2.86. The summed E-state index contributed by atoms with van der Waals surface area (Å²) in [6, 6.07) is 11.6. The SMILES string of the molecule is CN=C(NCCCN(C(C)C)C(C)C)NCc1ccccc1. The molecule has 0 aromatic heterocycles. The zero-order valence-electron chi connectivity index (χ0n) is 14.8. The fourth-order valence-corrected chi connectivity index (χ4v) is 2.58. The molecule has 2 N–H and O–H groups in total. The van der Waals surface area contributed by atoms with E-state index < -0.39 is 0 Å². The molecule has 4 heteroatoms. The summed E-state index contributed by atoms with van der Waals surface area (Å²) in [6.45, 7) is 11.9. The molecule has 0 atom stereocenters. The van der Waals surface area contributed by atoms with E-state index in [0.717, 1.165) is 32.0 Å². The molecule has 1 rings (SSSR count). The first kappa shape index (κ1) is 18.5. The van der Waals surface area contributed by atoms with Gasteiger partial charge in [-0.15, -0.1) is 0 Å². The minimum absolute atomic E-state index is 0.593. The Kier molecular flexibility index (Phi) is 8.60. The molecule has 124 valence electrons. The van der Waals surface area contributed by atoms with E-state index in [-0.39, 0.29) is 0 Å². The van der Waals surface area contributed by atoms with Gasteiger partial charge < -0.3 is 10.6 Å². The van der Waals surface area contributed by atoms with E-state index in [4.69, 9.17) is 0 Å². The second kappa shape index (κ2) is 10.2. The summed E-state index contributed by atoms with van der Waals surface area (Å²) < 4.78 is 0. The maximum atomic E-state index is 4.27. The Balaban J connectivity index is 2.27. The van der Waals surface area contributed by atoms with Crippen LogP contribution in [0.15, 0.2) is 35.3 Å². The average Bonchev–Trinajstić information content (AvgIpc) is 2.50. The van der Waals surface area contributed by atoms with Crippen molar-refractivity contribution in [3.05, 3.63) is 35.9 Å². The summed E-state index contributed by atoms with van der Waals surface area (Å²) >= 11 is 0. The van der Waals surface area contributed by atoms with Gasteiger partial charge in [0, 0.05) is 38.8 Å². The second-order valence-electron chi connectivity index (χ2n) is 6.12. The molecule has 0 unspecified atom stereocenters. The van der Waals surface area contributed by atoms with E-state index in [0.29, 0.717) is 12.1 Å². The van der Waals surface area contributed by atoms with Gasteiger partial charge in [-0.1, -0.05) is 30.3 Å². The second-order valence-corrected chi connectivity index (χ2v) is 6.12. The number of hydrogen-bond acceptors (Lipinski definition) is 2. The van der Waals surface area contributed by atoms with Crippen LogP contribution in [0.2, 0.25) is 0 Å². The first-order valence-electron chi connectivity index (χ1n) is 8.28. The molecule has 0 aliphatic carbocycles. The van der Waals surface area contributed by atoms with Crippen LogP contribution in [0.25, 0.3) is 0 Å². The van der Waals surface area contributed by atoms with E-state index in [2.05, 4.69) is 72.5 Å². The molecular weight excluding hydrogens is 272 g/mol. The predicted molar refractivity (Wildman–Crippen MR) is 96.2 cm³/mol. The van der Waals surface area contributed by atoms with Gasteiger partial charge in [0.1, 0.15) is 0 Å². The highest BCUT2D eigenvalue weighted by atomic mass is 15.2. The molecule has 0 spiro atoms. The third-order valence-electron chi connectivity index (χ3n) is 3.74. The Morgan fingerprint density at radius 3 is 2.23 bits per heavy atom. The van der Waals surface area contributed by atoms with Crippen molar-refractivity contribution in [3.63, 3.8) is 0 Å². The molecule has 0 heterocycles. The third-order valence-corrected chi connectivity index (χ3v) is 3.74. The number of rotatable bonds is 8.